The quantitative estimate of drug-likeness (QED) is 0.752. The van der Waals surface area contributed by atoms with Gasteiger partial charge in [0, 0.05) is 11.8 Å². The molecule has 0 saturated carbocycles. The van der Waals surface area contributed by atoms with Crippen LogP contribution in [0.2, 0.25) is 0 Å². The Kier molecular flexibility index (Phi) is 3.31. The predicted octanol–water partition coefficient (Wildman–Crippen LogP) is 1.70. The minimum Gasteiger partial charge on any atom is -0.285 e. The van der Waals surface area contributed by atoms with Gasteiger partial charge in [0.25, 0.3) is 0 Å². The van der Waals surface area contributed by atoms with Crippen molar-refractivity contribution in [3.8, 4) is 11.4 Å². The molecule has 6 nitrogen and oxygen atoms in total. The molecule has 2 aromatic heterocycles. The van der Waals surface area contributed by atoms with E-state index >= 15 is 0 Å². The summed E-state index contributed by atoms with van der Waals surface area (Å²) >= 11 is 0. The molecule has 96 valence electrons. The maximum atomic E-state index is 4.37. The molecule has 0 amide bonds. The second-order valence-electron chi connectivity index (χ2n) is 4.29. The van der Waals surface area contributed by atoms with E-state index in [1.54, 1.807) is 4.80 Å². The molecule has 6 heteroatoms. The van der Waals surface area contributed by atoms with E-state index in [0.717, 1.165) is 24.9 Å². The van der Waals surface area contributed by atoms with Crippen LogP contribution in [0, 0.1) is 0 Å². The highest BCUT2D eigenvalue weighted by atomic mass is 15.6. The number of rotatable bonds is 5. The van der Waals surface area contributed by atoms with E-state index < -0.39 is 0 Å². The first kappa shape index (κ1) is 11.6. The van der Waals surface area contributed by atoms with Crippen LogP contribution in [0.25, 0.3) is 11.4 Å². The fraction of sp³-hybridized carbons (Fsp3) is 0.231. The van der Waals surface area contributed by atoms with Crippen molar-refractivity contribution >= 4 is 0 Å². The molecule has 0 spiro atoms. The molecule has 0 aliphatic heterocycles. The van der Waals surface area contributed by atoms with Gasteiger partial charge in [-0.15, -0.1) is 10.2 Å². The highest BCUT2D eigenvalue weighted by molar-refractivity contribution is 5.52. The number of hydrogen-bond acceptors (Lipinski definition) is 4. The smallest absolute Gasteiger partial charge is 0.204 e. The summed E-state index contributed by atoms with van der Waals surface area (Å²) in [6.07, 6.45) is 5.66. The molecule has 1 aromatic carbocycles. The first-order chi connectivity index (χ1) is 9.42. The van der Waals surface area contributed by atoms with Gasteiger partial charge in [0.05, 0.1) is 12.7 Å². The molecule has 2 heterocycles. The van der Waals surface area contributed by atoms with Crippen molar-refractivity contribution in [2.45, 2.75) is 19.4 Å². The van der Waals surface area contributed by atoms with E-state index in [2.05, 4.69) is 25.6 Å². The lowest BCUT2D eigenvalue weighted by atomic mass is 10.2. The van der Waals surface area contributed by atoms with Crippen LogP contribution >= 0.6 is 0 Å². The second kappa shape index (κ2) is 5.43. The fourth-order valence-corrected chi connectivity index (χ4v) is 1.88. The lowest BCUT2D eigenvalue weighted by Crippen LogP contribution is -2.03. The zero-order valence-corrected chi connectivity index (χ0v) is 10.4. The third-order valence-corrected chi connectivity index (χ3v) is 2.86. The number of aromatic nitrogens is 6. The first-order valence-electron chi connectivity index (χ1n) is 6.23. The maximum absolute atomic E-state index is 4.37. The zero-order chi connectivity index (χ0) is 12.9. The molecule has 0 aliphatic rings. The fourth-order valence-electron chi connectivity index (χ4n) is 1.88. The van der Waals surface area contributed by atoms with Crippen LogP contribution in [-0.4, -0.2) is 30.4 Å². The van der Waals surface area contributed by atoms with Crippen molar-refractivity contribution in [1.82, 2.24) is 30.4 Å². The zero-order valence-electron chi connectivity index (χ0n) is 10.4. The molecule has 0 bridgehead atoms. The molecule has 0 atom stereocenters. The van der Waals surface area contributed by atoms with Gasteiger partial charge < -0.3 is 0 Å². The molecule has 0 aliphatic carbocycles. The van der Waals surface area contributed by atoms with Gasteiger partial charge in [0.15, 0.2) is 0 Å². The Balaban J connectivity index is 1.59. The lowest BCUT2D eigenvalue weighted by Gasteiger charge is -1.97. The standard InChI is InChI=1S/C13H14N6/c1-2-6-12(7-3-1)13-16-18-19(17-13)8-4-5-11-9-14-15-10-11/h1-3,6-7,9-10H,4-5,8H2,(H,14,15). The van der Waals surface area contributed by atoms with Crippen molar-refractivity contribution in [1.29, 1.82) is 0 Å². The van der Waals surface area contributed by atoms with Crippen LogP contribution in [0.15, 0.2) is 42.7 Å². The van der Waals surface area contributed by atoms with Crippen molar-refractivity contribution in [3.05, 3.63) is 48.3 Å². The Morgan fingerprint density at radius 1 is 1.16 bits per heavy atom. The second-order valence-corrected chi connectivity index (χ2v) is 4.29. The van der Waals surface area contributed by atoms with Crippen LogP contribution in [0.3, 0.4) is 0 Å². The van der Waals surface area contributed by atoms with Gasteiger partial charge in [0.2, 0.25) is 5.82 Å². The number of aromatic amines is 1. The topological polar surface area (TPSA) is 72.3 Å². The minimum atomic E-state index is 0.670. The number of tetrazole rings is 1. The summed E-state index contributed by atoms with van der Waals surface area (Å²) in [4.78, 5) is 1.64. The van der Waals surface area contributed by atoms with Crippen LogP contribution in [-0.2, 0) is 13.0 Å². The van der Waals surface area contributed by atoms with Gasteiger partial charge in [-0.25, -0.2) is 0 Å². The molecule has 0 radical (unpaired) electrons. The average molecular weight is 254 g/mol. The molecule has 0 unspecified atom stereocenters. The van der Waals surface area contributed by atoms with Crippen LogP contribution in [0.4, 0.5) is 0 Å². The molecule has 0 fully saturated rings. The summed E-state index contributed by atoms with van der Waals surface area (Å²) in [5.74, 6) is 0.670. The molecular weight excluding hydrogens is 240 g/mol. The molecule has 19 heavy (non-hydrogen) atoms. The van der Waals surface area contributed by atoms with Crippen LogP contribution in [0.5, 0.6) is 0 Å². The maximum Gasteiger partial charge on any atom is 0.204 e. The number of H-pyrrole nitrogens is 1. The van der Waals surface area contributed by atoms with E-state index in [0.29, 0.717) is 5.82 Å². The Morgan fingerprint density at radius 3 is 2.84 bits per heavy atom. The van der Waals surface area contributed by atoms with Crippen molar-refractivity contribution < 1.29 is 0 Å². The molecule has 3 rings (SSSR count). The number of nitrogens with one attached hydrogen (secondary N) is 1. The lowest BCUT2D eigenvalue weighted by molar-refractivity contribution is 0.500. The van der Waals surface area contributed by atoms with Crippen LogP contribution in [0.1, 0.15) is 12.0 Å². The first-order valence-corrected chi connectivity index (χ1v) is 6.23. The van der Waals surface area contributed by atoms with Crippen molar-refractivity contribution in [2.24, 2.45) is 0 Å². The van der Waals surface area contributed by atoms with Gasteiger partial charge in [0.1, 0.15) is 0 Å². The summed E-state index contributed by atoms with van der Waals surface area (Å²) in [7, 11) is 0. The number of hydrogen-bond donors (Lipinski definition) is 1. The summed E-state index contributed by atoms with van der Waals surface area (Å²) in [6.45, 7) is 0.755. The molecule has 3 aromatic rings. The highest BCUT2D eigenvalue weighted by Crippen LogP contribution is 2.11. The van der Waals surface area contributed by atoms with Gasteiger partial charge in [-0.3, -0.25) is 5.10 Å². The van der Waals surface area contributed by atoms with E-state index in [-0.39, 0.29) is 0 Å². The van der Waals surface area contributed by atoms with E-state index in [9.17, 15) is 0 Å². The van der Waals surface area contributed by atoms with E-state index in [4.69, 9.17) is 0 Å². The molecule has 1 N–H and O–H groups in total. The Morgan fingerprint density at radius 2 is 2.05 bits per heavy atom. The minimum absolute atomic E-state index is 0.670. The van der Waals surface area contributed by atoms with Crippen molar-refractivity contribution in [2.75, 3.05) is 0 Å². The van der Waals surface area contributed by atoms with Gasteiger partial charge in [-0.2, -0.15) is 9.90 Å². The number of benzene rings is 1. The van der Waals surface area contributed by atoms with E-state index in [1.807, 2.05) is 42.7 Å². The summed E-state index contributed by atoms with van der Waals surface area (Å²) < 4.78 is 0. The predicted molar refractivity (Wildman–Crippen MR) is 70.2 cm³/mol. The highest BCUT2D eigenvalue weighted by Gasteiger charge is 2.04. The monoisotopic (exact) mass is 254 g/mol. The van der Waals surface area contributed by atoms with Gasteiger partial charge in [-0.05, 0) is 23.6 Å². The van der Waals surface area contributed by atoms with Crippen LogP contribution < -0.4 is 0 Å². The summed E-state index contributed by atoms with van der Waals surface area (Å²) in [5, 5.41) is 19.2. The Labute approximate surface area is 110 Å². The summed E-state index contributed by atoms with van der Waals surface area (Å²) in [6, 6.07) is 9.86. The molecule has 0 saturated heterocycles. The van der Waals surface area contributed by atoms with Gasteiger partial charge in [-0.1, -0.05) is 30.3 Å². The normalized spacial score (nSPS) is 10.7. The molecular formula is C13H14N6. The third kappa shape index (κ3) is 2.85. The average Bonchev–Trinajstić information content (AvgIpc) is 3.11. The number of aryl methyl sites for hydroxylation is 2. The Bertz CT molecular complexity index is 614. The summed E-state index contributed by atoms with van der Waals surface area (Å²) in [5.41, 5.74) is 2.19. The Hall–Kier alpha value is -2.50. The van der Waals surface area contributed by atoms with Gasteiger partial charge >= 0.3 is 0 Å². The van der Waals surface area contributed by atoms with E-state index in [1.165, 1.54) is 5.56 Å². The third-order valence-electron chi connectivity index (χ3n) is 2.86. The largest absolute Gasteiger partial charge is 0.285 e. The number of nitrogens with zero attached hydrogens (tertiary/aromatic N) is 5. The van der Waals surface area contributed by atoms with Crippen molar-refractivity contribution in [3.63, 3.8) is 0 Å². The SMILES string of the molecule is c1ccc(-c2nnn(CCCc3cn[nH]c3)n2)cc1.